The molecule has 1 N–H and O–H groups in total. The highest BCUT2D eigenvalue weighted by Crippen LogP contribution is 2.26. The van der Waals surface area contributed by atoms with Crippen molar-refractivity contribution in [1.82, 2.24) is 4.98 Å². The number of nitrogens with one attached hydrogen (secondary N) is 1. The second-order valence-corrected chi connectivity index (χ2v) is 4.80. The second-order valence-electron chi connectivity index (χ2n) is 4.39. The first-order chi connectivity index (χ1) is 8.25. The monoisotopic (exact) mass is 248 g/mol. The van der Waals surface area contributed by atoms with Gasteiger partial charge in [-0.2, -0.15) is 0 Å². The number of anilines is 1. The summed E-state index contributed by atoms with van der Waals surface area (Å²) in [6.45, 7) is 2.15. The number of halogens is 1. The molecule has 0 amide bonds. The average molecular weight is 249 g/mol. The molecular formula is C13H13ClN2O. The number of aromatic amines is 1. The Bertz CT molecular complexity index is 614. The lowest BCUT2D eigenvalue weighted by atomic mass is 10.1. The molecule has 0 radical (unpaired) electrons. The van der Waals surface area contributed by atoms with Gasteiger partial charge in [-0.05, 0) is 25.0 Å². The minimum Gasteiger partial charge on any atom is -0.372 e. The summed E-state index contributed by atoms with van der Waals surface area (Å²) in [6.07, 6.45) is 4.00. The number of benzene rings is 1. The molecule has 0 saturated carbocycles. The standard InChI is InChI=1S/C13H13ClN2O/c14-12-8-15-13(17)11-7-9(3-4-10(11)12)16-5-1-2-6-16/h3-4,7-8H,1-2,5-6H2,(H,15,17). The van der Waals surface area contributed by atoms with Crippen LogP contribution in [0.2, 0.25) is 5.02 Å². The SMILES string of the molecule is O=c1[nH]cc(Cl)c2ccc(N3CCCC3)cc12. The van der Waals surface area contributed by atoms with Crippen LogP contribution < -0.4 is 10.5 Å². The van der Waals surface area contributed by atoms with E-state index in [2.05, 4.69) is 9.88 Å². The number of rotatable bonds is 1. The number of fused-ring (bicyclic) bond motifs is 1. The lowest BCUT2D eigenvalue weighted by Crippen LogP contribution is -2.18. The van der Waals surface area contributed by atoms with Gasteiger partial charge in [0.05, 0.1) is 10.4 Å². The molecule has 0 atom stereocenters. The molecule has 0 aliphatic carbocycles. The summed E-state index contributed by atoms with van der Waals surface area (Å²) in [5, 5.41) is 2.08. The van der Waals surface area contributed by atoms with Crippen molar-refractivity contribution < 1.29 is 0 Å². The molecular weight excluding hydrogens is 236 g/mol. The van der Waals surface area contributed by atoms with Gasteiger partial charge in [-0.1, -0.05) is 17.7 Å². The highest BCUT2D eigenvalue weighted by molar-refractivity contribution is 6.35. The number of hydrogen-bond acceptors (Lipinski definition) is 2. The largest absolute Gasteiger partial charge is 0.372 e. The van der Waals surface area contributed by atoms with E-state index in [0.717, 1.165) is 24.2 Å². The highest BCUT2D eigenvalue weighted by atomic mass is 35.5. The van der Waals surface area contributed by atoms with Crippen molar-refractivity contribution in [3.05, 3.63) is 39.8 Å². The minimum atomic E-state index is -0.0783. The zero-order valence-corrected chi connectivity index (χ0v) is 10.1. The van der Waals surface area contributed by atoms with Crippen molar-refractivity contribution >= 4 is 28.1 Å². The molecule has 1 aromatic heterocycles. The smallest absolute Gasteiger partial charge is 0.255 e. The predicted molar refractivity (Wildman–Crippen MR) is 71.0 cm³/mol. The fourth-order valence-corrected chi connectivity index (χ4v) is 2.60. The third-order valence-electron chi connectivity index (χ3n) is 3.31. The molecule has 0 spiro atoms. The minimum absolute atomic E-state index is 0.0783. The molecule has 1 aliphatic rings. The molecule has 1 saturated heterocycles. The van der Waals surface area contributed by atoms with E-state index >= 15 is 0 Å². The average Bonchev–Trinajstić information content (AvgIpc) is 2.87. The Kier molecular flexibility index (Phi) is 2.56. The Labute approximate surface area is 104 Å². The molecule has 2 aromatic rings. The maximum Gasteiger partial charge on any atom is 0.255 e. The Hall–Kier alpha value is -1.48. The molecule has 17 heavy (non-hydrogen) atoms. The zero-order chi connectivity index (χ0) is 11.8. The van der Waals surface area contributed by atoms with Crippen molar-refractivity contribution in [2.24, 2.45) is 0 Å². The maximum atomic E-state index is 11.8. The lowest BCUT2D eigenvalue weighted by Gasteiger charge is -2.17. The number of aromatic nitrogens is 1. The van der Waals surface area contributed by atoms with Crippen LogP contribution in [-0.4, -0.2) is 18.1 Å². The van der Waals surface area contributed by atoms with Crippen molar-refractivity contribution in [2.75, 3.05) is 18.0 Å². The van der Waals surface area contributed by atoms with Crippen LogP contribution in [0, 0.1) is 0 Å². The van der Waals surface area contributed by atoms with Crippen LogP contribution in [0.5, 0.6) is 0 Å². The molecule has 1 aliphatic heterocycles. The van der Waals surface area contributed by atoms with Gasteiger partial charge in [0.1, 0.15) is 0 Å². The van der Waals surface area contributed by atoms with Crippen LogP contribution in [-0.2, 0) is 0 Å². The topological polar surface area (TPSA) is 36.1 Å². The second kappa shape index (κ2) is 4.08. The van der Waals surface area contributed by atoms with Crippen molar-refractivity contribution in [3.8, 4) is 0 Å². The quantitative estimate of drug-likeness (QED) is 0.843. The molecule has 88 valence electrons. The van der Waals surface area contributed by atoms with E-state index in [1.165, 1.54) is 12.8 Å². The summed E-state index contributed by atoms with van der Waals surface area (Å²) in [5.74, 6) is 0. The van der Waals surface area contributed by atoms with Gasteiger partial charge in [0.15, 0.2) is 0 Å². The summed E-state index contributed by atoms with van der Waals surface area (Å²) < 4.78 is 0. The Morgan fingerprint density at radius 1 is 1.18 bits per heavy atom. The molecule has 4 heteroatoms. The van der Waals surface area contributed by atoms with E-state index in [4.69, 9.17) is 11.6 Å². The summed E-state index contributed by atoms with van der Waals surface area (Å²) in [6, 6.07) is 5.91. The Morgan fingerprint density at radius 3 is 2.71 bits per heavy atom. The summed E-state index contributed by atoms with van der Waals surface area (Å²) in [7, 11) is 0. The Balaban J connectivity index is 2.18. The van der Waals surface area contributed by atoms with Crippen LogP contribution in [0.15, 0.2) is 29.2 Å². The van der Waals surface area contributed by atoms with E-state index in [9.17, 15) is 4.79 Å². The first kappa shape index (κ1) is 10.7. The lowest BCUT2D eigenvalue weighted by molar-refractivity contribution is 0.949. The van der Waals surface area contributed by atoms with Crippen molar-refractivity contribution in [1.29, 1.82) is 0 Å². The molecule has 2 heterocycles. The number of nitrogens with zero attached hydrogens (tertiary/aromatic N) is 1. The van der Waals surface area contributed by atoms with Crippen molar-refractivity contribution in [3.63, 3.8) is 0 Å². The fraction of sp³-hybridized carbons (Fsp3) is 0.308. The van der Waals surface area contributed by atoms with E-state index < -0.39 is 0 Å². The summed E-state index contributed by atoms with van der Waals surface area (Å²) in [5.41, 5.74) is 1.04. The molecule has 1 fully saturated rings. The van der Waals surface area contributed by atoms with Gasteiger partial charge in [0, 0.05) is 30.4 Å². The molecule has 0 unspecified atom stereocenters. The first-order valence-electron chi connectivity index (χ1n) is 5.81. The molecule has 3 nitrogen and oxygen atoms in total. The van der Waals surface area contributed by atoms with E-state index in [1.54, 1.807) is 6.20 Å². The number of H-pyrrole nitrogens is 1. The molecule has 3 rings (SSSR count). The van der Waals surface area contributed by atoms with Crippen LogP contribution in [0.25, 0.3) is 10.8 Å². The maximum absolute atomic E-state index is 11.8. The van der Waals surface area contributed by atoms with Gasteiger partial charge in [0.2, 0.25) is 0 Å². The number of hydrogen-bond donors (Lipinski definition) is 1. The summed E-state index contributed by atoms with van der Waals surface area (Å²) in [4.78, 5) is 16.7. The summed E-state index contributed by atoms with van der Waals surface area (Å²) >= 11 is 6.06. The van der Waals surface area contributed by atoms with Crippen LogP contribution in [0.3, 0.4) is 0 Å². The van der Waals surface area contributed by atoms with E-state index in [0.29, 0.717) is 10.4 Å². The van der Waals surface area contributed by atoms with E-state index in [1.807, 2.05) is 18.2 Å². The van der Waals surface area contributed by atoms with Crippen LogP contribution in [0.1, 0.15) is 12.8 Å². The fourth-order valence-electron chi connectivity index (χ4n) is 2.38. The number of pyridine rings is 1. The van der Waals surface area contributed by atoms with Crippen LogP contribution in [0.4, 0.5) is 5.69 Å². The van der Waals surface area contributed by atoms with Gasteiger partial charge in [0.25, 0.3) is 5.56 Å². The highest BCUT2D eigenvalue weighted by Gasteiger charge is 2.13. The Morgan fingerprint density at radius 2 is 1.94 bits per heavy atom. The van der Waals surface area contributed by atoms with E-state index in [-0.39, 0.29) is 5.56 Å². The third-order valence-corrected chi connectivity index (χ3v) is 3.62. The van der Waals surface area contributed by atoms with Gasteiger partial charge in [-0.25, -0.2) is 0 Å². The first-order valence-corrected chi connectivity index (χ1v) is 6.19. The predicted octanol–water partition coefficient (Wildman–Crippen LogP) is 2.78. The van der Waals surface area contributed by atoms with Gasteiger partial charge in [-0.15, -0.1) is 0 Å². The van der Waals surface area contributed by atoms with Gasteiger partial charge >= 0.3 is 0 Å². The zero-order valence-electron chi connectivity index (χ0n) is 9.37. The normalized spacial score (nSPS) is 15.7. The molecule has 0 bridgehead atoms. The van der Waals surface area contributed by atoms with Gasteiger partial charge in [-0.3, -0.25) is 4.79 Å². The third kappa shape index (κ3) is 1.80. The van der Waals surface area contributed by atoms with Crippen LogP contribution >= 0.6 is 11.6 Å². The molecule has 1 aromatic carbocycles. The van der Waals surface area contributed by atoms with Gasteiger partial charge < -0.3 is 9.88 Å². The van der Waals surface area contributed by atoms with Crippen molar-refractivity contribution in [2.45, 2.75) is 12.8 Å².